The predicted molar refractivity (Wildman–Crippen MR) is 117 cm³/mol. The van der Waals surface area contributed by atoms with E-state index in [1.165, 1.54) is 0 Å². The number of rotatable bonds is 6. The Hall–Kier alpha value is -4.13. The number of imide groups is 1. The Morgan fingerprint density at radius 1 is 0.871 bits per heavy atom. The molecule has 1 atom stereocenters. The van der Waals surface area contributed by atoms with Crippen molar-refractivity contribution in [1.82, 2.24) is 15.6 Å². The number of hydrogen-bond acceptors (Lipinski definition) is 4. The number of benzene rings is 3. The molecule has 0 aliphatic carbocycles. The minimum absolute atomic E-state index is 0.400. The van der Waals surface area contributed by atoms with Gasteiger partial charge in [-0.3, -0.25) is 24.9 Å². The zero-order valence-electron chi connectivity index (χ0n) is 17.0. The monoisotopic (exact) mass is 414 g/mol. The Bertz CT molecular complexity index is 1050. The van der Waals surface area contributed by atoms with Crippen molar-refractivity contribution in [3.8, 4) is 0 Å². The van der Waals surface area contributed by atoms with Gasteiger partial charge in [0.15, 0.2) is 0 Å². The van der Waals surface area contributed by atoms with Crippen molar-refractivity contribution in [2.24, 2.45) is 0 Å². The molecule has 0 bridgehead atoms. The van der Waals surface area contributed by atoms with Crippen molar-refractivity contribution in [1.29, 1.82) is 0 Å². The highest BCUT2D eigenvalue weighted by Crippen LogP contribution is 2.28. The van der Waals surface area contributed by atoms with Crippen LogP contribution in [0.15, 0.2) is 91.0 Å². The molecule has 1 fully saturated rings. The van der Waals surface area contributed by atoms with E-state index in [1.807, 2.05) is 66.7 Å². The van der Waals surface area contributed by atoms with Crippen molar-refractivity contribution < 1.29 is 14.4 Å². The number of amides is 4. The van der Waals surface area contributed by atoms with E-state index in [1.54, 1.807) is 36.2 Å². The molecule has 156 valence electrons. The first-order chi connectivity index (χ1) is 15.0. The molecule has 31 heavy (non-hydrogen) atoms. The third-order valence-corrected chi connectivity index (χ3v) is 5.19. The average molecular weight is 414 g/mol. The molecule has 2 N–H and O–H groups in total. The number of nitrogens with zero attached hydrogens (tertiary/aromatic N) is 2. The summed E-state index contributed by atoms with van der Waals surface area (Å²) in [5.74, 6) is -0.960. The lowest BCUT2D eigenvalue weighted by molar-refractivity contribution is -0.134. The number of hydrazine groups is 1. The molecule has 0 aromatic heterocycles. The fraction of sp³-hybridized carbons (Fsp3) is 0.125. The maximum Gasteiger partial charge on any atom is 0.325 e. The Labute approximate surface area is 180 Å². The van der Waals surface area contributed by atoms with E-state index in [0.717, 1.165) is 16.3 Å². The molecule has 1 saturated heterocycles. The number of urea groups is 1. The molecule has 0 unspecified atom stereocenters. The average Bonchev–Trinajstić information content (AvgIpc) is 3.03. The minimum Gasteiger partial charge on any atom is -0.319 e. The molecule has 0 spiro atoms. The van der Waals surface area contributed by atoms with Gasteiger partial charge in [0.2, 0.25) is 0 Å². The van der Waals surface area contributed by atoms with Crippen LogP contribution in [0.2, 0.25) is 0 Å². The van der Waals surface area contributed by atoms with E-state index in [9.17, 15) is 14.4 Å². The molecule has 0 saturated carbocycles. The summed E-state index contributed by atoms with van der Waals surface area (Å²) in [5.41, 5.74) is 3.74. The van der Waals surface area contributed by atoms with Crippen molar-refractivity contribution in [3.05, 3.63) is 96.6 Å². The van der Waals surface area contributed by atoms with Gasteiger partial charge in [-0.15, -0.1) is 0 Å². The van der Waals surface area contributed by atoms with Gasteiger partial charge in [-0.25, -0.2) is 4.79 Å². The fourth-order valence-corrected chi connectivity index (χ4v) is 3.54. The summed E-state index contributed by atoms with van der Waals surface area (Å²) in [5, 5.41) is 4.33. The van der Waals surface area contributed by atoms with Crippen LogP contribution in [-0.2, 0) is 15.1 Å². The first-order valence-corrected chi connectivity index (χ1v) is 9.88. The third-order valence-electron chi connectivity index (χ3n) is 5.19. The number of carbonyl (C=O) groups is 3. The van der Waals surface area contributed by atoms with Gasteiger partial charge in [0.05, 0.1) is 11.4 Å². The van der Waals surface area contributed by atoms with E-state index in [2.05, 4.69) is 10.7 Å². The summed E-state index contributed by atoms with van der Waals surface area (Å²) in [6.45, 7) is 1.24. The molecule has 7 heteroatoms. The lowest BCUT2D eigenvalue weighted by Crippen LogP contribution is -2.47. The molecule has 3 aromatic rings. The van der Waals surface area contributed by atoms with Crippen LogP contribution in [0.3, 0.4) is 0 Å². The standard InChI is InChI=1S/C24H22N4O3/c1-24(18-11-5-2-6-12-18)22(30)27(23(31)25-24)17-21(29)26-28(19-13-7-3-8-14-19)20-15-9-4-10-16-20/h2-16H,17H2,1H3,(H,25,31)(H,26,29)/t24-/m0/s1. The second kappa shape index (κ2) is 8.31. The summed E-state index contributed by atoms with van der Waals surface area (Å²) in [7, 11) is 0. The van der Waals surface area contributed by atoms with Crippen molar-refractivity contribution >= 4 is 29.2 Å². The van der Waals surface area contributed by atoms with Crippen LogP contribution in [0.1, 0.15) is 12.5 Å². The van der Waals surface area contributed by atoms with Crippen LogP contribution in [0.25, 0.3) is 0 Å². The van der Waals surface area contributed by atoms with Crippen LogP contribution in [0.4, 0.5) is 16.2 Å². The second-order valence-electron chi connectivity index (χ2n) is 7.35. The third kappa shape index (κ3) is 3.98. The maximum absolute atomic E-state index is 13.0. The molecule has 4 rings (SSSR count). The number of anilines is 2. The largest absolute Gasteiger partial charge is 0.325 e. The van der Waals surface area contributed by atoms with Gasteiger partial charge in [-0.2, -0.15) is 0 Å². The summed E-state index contributed by atoms with van der Waals surface area (Å²) < 4.78 is 0. The zero-order valence-corrected chi connectivity index (χ0v) is 17.0. The number of para-hydroxylation sites is 2. The molecule has 1 heterocycles. The molecule has 1 aliphatic rings. The Balaban J connectivity index is 1.53. The van der Waals surface area contributed by atoms with Gasteiger partial charge < -0.3 is 5.32 Å². The lowest BCUT2D eigenvalue weighted by atomic mass is 9.92. The topological polar surface area (TPSA) is 81.8 Å². The normalized spacial score (nSPS) is 17.9. The summed E-state index contributed by atoms with van der Waals surface area (Å²) in [6.07, 6.45) is 0. The van der Waals surface area contributed by atoms with E-state index in [-0.39, 0.29) is 0 Å². The van der Waals surface area contributed by atoms with E-state index >= 15 is 0 Å². The number of hydrogen-bond donors (Lipinski definition) is 2. The van der Waals surface area contributed by atoms with Crippen LogP contribution in [0, 0.1) is 0 Å². The SMILES string of the molecule is C[C@@]1(c2ccccc2)NC(=O)N(CC(=O)NN(c2ccccc2)c2ccccc2)C1=O. The lowest BCUT2D eigenvalue weighted by Gasteiger charge is -2.26. The van der Waals surface area contributed by atoms with Crippen LogP contribution in [-0.4, -0.2) is 29.3 Å². The fourth-order valence-electron chi connectivity index (χ4n) is 3.54. The first-order valence-electron chi connectivity index (χ1n) is 9.88. The van der Waals surface area contributed by atoms with E-state index in [4.69, 9.17) is 0 Å². The maximum atomic E-state index is 13.0. The van der Waals surface area contributed by atoms with E-state index in [0.29, 0.717) is 5.56 Å². The van der Waals surface area contributed by atoms with Gasteiger partial charge in [0.1, 0.15) is 12.1 Å². The number of nitrogens with one attached hydrogen (secondary N) is 2. The minimum atomic E-state index is -1.21. The highest BCUT2D eigenvalue weighted by atomic mass is 16.2. The van der Waals surface area contributed by atoms with Gasteiger partial charge in [-0.05, 0) is 36.8 Å². The van der Waals surface area contributed by atoms with Crippen LogP contribution >= 0.6 is 0 Å². The molecule has 4 amide bonds. The first kappa shape index (κ1) is 20.2. The van der Waals surface area contributed by atoms with Crippen molar-refractivity contribution in [3.63, 3.8) is 0 Å². The van der Waals surface area contributed by atoms with Gasteiger partial charge >= 0.3 is 6.03 Å². The van der Waals surface area contributed by atoms with Gasteiger partial charge in [0, 0.05) is 0 Å². The second-order valence-corrected chi connectivity index (χ2v) is 7.35. The van der Waals surface area contributed by atoms with Gasteiger partial charge in [-0.1, -0.05) is 66.7 Å². The molecular weight excluding hydrogens is 392 g/mol. The Morgan fingerprint density at radius 3 is 1.87 bits per heavy atom. The molecular formula is C24H22N4O3. The molecule has 7 nitrogen and oxygen atoms in total. The van der Waals surface area contributed by atoms with E-state index < -0.39 is 29.9 Å². The van der Waals surface area contributed by atoms with Gasteiger partial charge in [0.25, 0.3) is 11.8 Å². The Morgan fingerprint density at radius 2 is 1.35 bits per heavy atom. The quantitative estimate of drug-likeness (QED) is 0.479. The Kier molecular flexibility index (Phi) is 5.41. The molecule has 0 radical (unpaired) electrons. The van der Waals surface area contributed by atoms with Crippen LogP contribution in [0.5, 0.6) is 0 Å². The van der Waals surface area contributed by atoms with Crippen LogP contribution < -0.4 is 15.8 Å². The molecule has 1 aliphatic heterocycles. The highest BCUT2D eigenvalue weighted by molar-refractivity contribution is 6.09. The van der Waals surface area contributed by atoms with Crippen molar-refractivity contribution in [2.75, 3.05) is 11.6 Å². The van der Waals surface area contributed by atoms with Crippen molar-refractivity contribution in [2.45, 2.75) is 12.5 Å². The zero-order chi connectivity index (χ0) is 21.8. The summed E-state index contributed by atoms with van der Waals surface area (Å²) in [4.78, 5) is 39.4. The predicted octanol–water partition coefficient (Wildman–Crippen LogP) is 3.32. The summed E-state index contributed by atoms with van der Waals surface area (Å²) >= 11 is 0. The highest BCUT2D eigenvalue weighted by Gasteiger charge is 2.49. The molecule has 3 aromatic carbocycles. The summed E-state index contributed by atoms with van der Waals surface area (Å²) in [6, 6.07) is 27.0. The number of carbonyl (C=O) groups excluding carboxylic acids is 3. The smallest absolute Gasteiger partial charge is 0.319 e.